The minimum atomic E-state index is 0.347. The number of hydrogen-bond acceptors (Lipinski definition) is 3. The van der Waals surface area contributed by atoms with Crippen molar-refractivity contribution in [2.75, 3.05) is 7.05 Å². The molecule has 0 amide bonds. The van der Waals surface area contributed by atoms with Crippen LogP contribution in [0.25, 0.3) is 0 Å². The maximum atomic E-state index is 5.18. The van der Waals surface area contributed by atoms with Gasteiger partial charge in [-0.2, -0.15) is 5.10 Å². The molecule has 0 radical (unpaired) electrons. The van der Waals surface area contributed by atoms with Crippen LogP contribution in [0, 0.1) is 0 Å². The van der Waals surface area contributed by atoms with Crippen LogP contribution in [-0.2, 0) is 6.54 Å². The fraction of sp³-hybridized carbons (Fsp3) is 0.625. The number of nitrogens with one attached hydrogen (secondary N) is 2. The highest BCUT2D eigenvalue weighted by Gasteiger charge is 2.07. The van der Waals surface area contributed by atoms with Crippen LogP contribution < -0.4 is 5.32 Å². The van der Waals surface area contributed by atoms with E-state index in [1.165, 1.54) is 6.33 Å². The lowest BCUT2D eigenvalue weighted by molar-refractivity contribution is 0.466. The van der Waals surface area contributed by atoms with Crippen molar-refractivity contribution in [3.05, 3.63) is 12.2 Å². The van der Waals surface area contributed by atoms with Crippen molar-refractivity contribution >= 4 is 17.3 Å². The predicted molar refractivity (Wildman–Crippen MR) is 58.7 cm³/mol. The first-order valence-electron chi connectivity index (χ1n) is 4.45. The summed E-state index contributed by atoms with van der Waals surface area (Å²) in [5, 5.41) is 10.4. The zero-order valence-corrected chi connectivity index (χ0v) is 9.43. The fourth-order valence-corrected chi connectivity index (χ4v) is 1.26. The molecule has 6 heteroatoms. The van der Waals surface area contributed by atoms with Crippen molar-refractivity contribution < 1.29 is 0 Å². The third-order valence-corrected chi connectivity index (χ3v) is 2.04. The summed E-state index contributed by atoms with van der Waals surface area (Å²) in [4.78, 5) is 5.93. The zero-order chi connectivity index (χ0) is 10.6. The Bertz CT molecular complexity index is 282. The summed E-state index contributed by atoms with van der Waals surface area (Å²) in [6, 6.07) is 0.347. The van der Waals surface area contributed by atoms with E-state index >= 15 is 0 Å². The normalized spacial score (nSPS) is 10.3. The van der Waals surface area contributed by atoms with Gasteiger partial charge in [-0.05, 0) is 26.1 Å². The minimum Gasteiger partial charge on any atom is -0.360 e. The monoisotopic (exact) mass is 213 g/mol. The van der Waals surface area contributed by atoms with Crippen LogP contribution in [0.5, 0.6) is 0 Å². The van der Waals surface area contributed by atoms with Gasteiger partial charge in [0.2, 0.25) is 0 Å². The van der Waals surface area contributed by atoms with Gasteiger partial charge in [0.15, 0.2) is 5.11 Å². The molecule has 0 saturated carbocycles. The van der Waals surface area contributed by atoms with Gasteiger partial charge in [-0.3, -0.25) is 5.10 Å². The molecule has 0 spiro atoms. The third kappa shape index (κ3) is 3.29. The van der Waals surface area contributed by atoms with E-state index in [-0.39, 0.29) is 0 Å². The average Bonchev–Trinajstić information content (AvgIpc) is 2.55. The van der Waals surface area contributed by atoms with Crippen LogP contribution in [0.15, 0.2) is 6.33 Å². The SMILES string of the molecule is CC(C)NC(=S)N(C)Cc1ncn[nH]1. The highest BCUT2D eigenvalue weighted by atomic mass is 32.1. The maximum absolute atomic E-state index is 5.18. The first-order valence-corrected chi connectivity index (χ1v) is 4.86. The molecule has 78 valence electrons. The van der Waals surface area contributed by atoms with Crippen molar-refractivity contribution in [3.8, 4) is 0 Å². The van der Waals surface area contributed by atoms with Crippen molar-refractivity contribution in [1.82, 2.24) is 25.4 Å². The second-order valence-electron chi connectivity index (χ2n) is 3.39. The predicted octanol–water partition coefficient (Wildman–Crippen LogP) is 0.519. The lowest BCUT2D eigenvalue weighted by Crippen LogP contribution is -2.40. The lowest BCUT2D eigenvalue weighted by Gasteiger charge is -2.21. The molecule has 0 saturated heterocycles. The summed E-state index contributed by atoms with van der Waals surface area (Å²) < 4.78 is 0. The molecule has 0 aliphatic heterocycles. The van der Waals surface area contributed by atoms with Crippen LogP contribution >= 0.6 is 12.2 Å². The molecule has 0 unspecified atom stereocenters. The van der Waals surface area contributed by atoms with E-state index in [0.29, 0.717) is 12.6 Å². The van der Waals surface area contributed by atoms with Gasteiger partial charge in [-0.1, -0.05) is 0 Å². The van der Waals surface area contributed by atoms with Gasteiger partial charge >= 0.3 is 0 Å². The van der Waals surface area contributed by atoms with Crippen molar-refractivity contribution in [2.45, 2.75) is 26.4 Å². The minimum absolute atomic E-state index is 0.347. The smallest absolute Gasteiger partial charge is 0.169 e. The zero-order valence-electron chi connectivity index (χ0n) is 8.61. The number of aromatic amines is 1. The van der Waals surface area contributed by atoms with Crippen LogP contribution in [0.3, 0.4) is 0 Å². The fourth-order valence-electron chi connectivity index (χ4n) is 0.961. The van der Waals surface area contributed by atoms with E-state index in [0.717, 1.165) is 10.9 Å². The highest BCUT2D eigenvalue weighted by molar-refractivity contribution is 7.80. The van der Waals surface area contributed by atoms with Gasteiger partial charge in [0.05, 0.1) is 6.54 Å². The Morgan fingerprint density at radius 1 is 1.71 bits per heavy atom. The molecule has 2 N–H and O–H groups in total. The van der Waals surface area contributed by atoms with E-state index in [1.54, 1.807) is 0 Å². The molecule has 0 aliphatic rings. The van der Waals surface area contributed by atoms with E-state index in [1.807, 2.05) is 11.9 Å². The van der Waals surface area contributed by atoms with Gasteiger partial charge in [0.25, 0.3) is 0 Å². The maximum Gasteiger partial charge on any atom is 0.169 e. The van der Waals surface area contributed by atoms with E-state index in [2.05, 4.69) is 34.3 Å². The summed E-state index contributed by atoms with van der Waals surface area (Å²) in [5.74, 6) is 0.806. The van der Waals surface area contributed by atoms with Crippen molar-refractivity contribution in [3.63, 3.8) is 0 Å². The molecule has 0 fully saturated rings. The van der Waals surface area contributed by atoms with Crippen molar-refractivity contribution in [1.29, 1.82) is 0 Å². The van der Waals surface area contributed by atoms with Crippen LogP contribution in [0.2, 0.25) is 0 Å². The van der Waals surface area contributed by atoms with Gasteiger partial charge < -0.3 is 10.2 Å². The Kier molecular flexibility index (Phi) is 3.82. The number of nitrogens with zero attached hydrogens (tertiary/aromatic N) is 3. The summed E-state index contributed by atoms with van der Waals surface area (Å²) in [6.45, 7) is 4.74. The van der Waals surface area contributed by atoms with Gasteiger partial charge in [0.1, 0.15) is 12.2 Å². The Morgan fingerprint density at radius 2 is 2.43 bits per heavy atom. The van der Waals surface area contributed by atoms with E-state index in [4.69, 9.17) is 12.2 Å². The van der Waals surface area contributed by atoms with Crippen LogP contribution in [0.4, 0.5) is 0 Å². The first kappa shape index (κ1) is 10.9. The summed E-state index contributed by atoms with van der Waals surface area (Å²) in [7, 11) is 1.92. The molecule has 1 heterocycles. The van der Waals surface area contributed by atoms with E-state index in [9.17, 15) is 0 Å². The molecule has 0 aromatic carbocycles. The standard InChI is InChI=1S/C8H15N5S/c1-6(2)11-8(14)13(3)4-7-9-5-10-12-7/h5-6H,4H2,1-3H3,(H,11,14)(H,9,10,12). The summed E-state index contributed by atoms with van der Waals surface area (Å²) in [6.07, 6.45) is 1.49. The molecular formula is C8H15N5S. The lowest BCUT2D eigenvalue weighted by atomic mass is 10.4. The summed E-state index contributed by atoms with van der Waals surface area (Å²) in [5.41, 5.74) is 0. The second kappa shape index (κ2) is 4.90. The molecule has 0 atom stereocenters. The van der Waals surface area contributed by atoms with E-state index < -0.39 is 0 Å². The number of H-pyrrole nitrogens is 1. The molecule has 14 heavy (non-hydrogen) atoms. The highest BCUT2D eigenvalue weighted by Crippen LogP contribution is 1.95. The van der Waals surface area contributed by atoms with Gasteiger partial charge in [-0.25, -0.2) is 4.98 Å². The average molecular weight is 213 g/mol. The Morgan fingerprint density at radius 3 is 2.93 bits per heavy atom. The number of aromatic nitrogens is 3. The Balaban J connectivity index is 2.42. The number of thiocarbonyl (C=S) groups is 1. The number of hydrogen-bond donors (Lipinski definition) is 2. The Hall–Kier alpha value is -1.17. The molecule has 0 aliphatic carbocycles. The van der Waals surface area contributed by atoms with Crippen LogP contribution in [-0.4, -0.2) is 38.3 Å². The quantitative estimate of drug-likeness (QED) is 0.717. The second-order valence-corrected chi connectivity index (χ2v) is 3.78. The molecule has 1 rings (SSSR count). The first-order chi connectivity index (χ1) is 6.59. The molecular weight excluding hydrogens is 198 g/mol. The summed E-state index contributed by atoms with van der Waals surface area (Å²) >= 11 is 5.18. The molecule has 5 nitrogen and oxygen atoms in total. The Labute approximate surface area is 88.9 Å². The topological polar surface area (TPSA) is 56.8 Å². The molecule has 1 aromatic rings. The van der Waals surface area contributed by atoms with Crippen molar-refractivity contribution in [2.24, 2.45) is 0 Å². The number of rotatable bonds is 3. The third-order valence-electron chi connectivity index (χ3n) is 1.61. The van der Waals surface area contributed by atoms with Gasteiger partial charge in [0, 0.05) is 13.1 Å². The largest absolute Gasteiger partial charge is 0.360 e. The van der Waals surface area contributed by atoms with Crippen LogP contribution in [0.1, 0.15) is 19.7 Å². The van der Waals surface area contributed by atoms with Gasteiger partial charge in [-0.15, -0.1) is 0 Å². The molecule has 1 aromatic heterocycles. The molecule has 0 bridgehead atoms.